The largest absolute Gasteiger partial charge is 0.354 e. The Kier molecular flexibility index (Phi) is 6.05. The molecule has 0 atom stereocenters. The first-order valence-corrected chi connectivity index (χ1v) is 11.3. The number of amides is 1. The minimum absolute atomic E-state index is 0.0668. The van der Waals surface area contributed by atoms with Crippen LogP contribution in [0.5, 0.6) is 0 Å². The molecule has 2 aliphatic rings. The molecule has 0 bridgehead atoms. The van der Waals surface area contributed by atoms with Gasteiger partial charge in [-0.1, -0.05) is 24.3 Å². The second-order valence-electron chi connectivity index (χ2n) is 8.68. The molecule has 33 heavy (non-hydrogen) atoms. The van der Waals surface area contributed by atoms with E-state index in [4.69, 9.17) is 0 Å². The van der Waals surface area contributed by atoms with Gasteiger partial charge in [-0.25, -0.2) is 13.8 Å². The molecule has 5 nitrogen and oxygen atoms in total. The summed E-state index contributed by atoms with van der Waals surface area (Å²) < 4.78 is 27.1. The maximum atomic E-state index is 13.5. The van der Waals surface area contributed by atoms with E-state index in [0.717, 1.165) is 56.0 Å². The first-order chi connectivity index (χ1) is 16.1. The molecule has 1 aliphatic carbocycles. The smallest absolute Gasteiger partial charge is 0.253 e. The number of piperazine rings is 1. The topological polar surface area (TPSA) is 48.5 Å². The fourth-order valence-electron chi connectivity index (χ4n) is 4.32. The second kappa shape index (κ2) is 9.27. The molecule has 0 unspecified atom stereocenters. The third-order valence-corrected chi connectivity index (χ3v) is 6.30. The van der Waals surface area contributed by atoms with Crippen LogP contribution in [0.3, 0.4) is 0 Å². The Labute approximate surface area is 192 Å². The fraction of sp³-hybridized carbons (Fsp3) is 0.308. The van der Waals surface area contributed by atoms with E-state index in [1.807, 2.05) is 12.1 Å². The van der Waals surface area contributed by atoms with Crippen LogP contribution in [0.1, 0.15) is 40.4 Å². The fourth-order valence-corrected chi connectivity index (χ4v) is 4.32. The normalized spacial score (nSPS) is 16.8. The summed E-state index contributed by atoms with van der Waals surface area (Å²) in [7, 11) is 0. The van der Waals surface area contributed by atoms with Gasteiger partial charge in [0.15, 0.2) is 0 Å². The number of carbonyl (C=O) groups is 1. The van der Waals surface area contributed by atoms with Crippen LogP contribution < -0.4 is 10.2 Å². The second-order valence-corrected chi connectivity index (χ2v) is 8.68. The zero-order valence-corrected chi connectivity index (χ0v) is 18.3. The van der Waals surface area contributed by atoms with Crippen molar-refractivity contribution in [1.29, 1.82) is 0 Å². The van der Waals surface area contributed by atoms with Crippen molar-refractivity contribution >= 4 is 11.7 Å². The first-order valence-electron chi connectivity index (χ1n) is 11.3. The minimum atomic E-state index is -0.276. The summed E-state index contributed by atoms with van der Waals surface area (Å²) in [5, 5.41) is 2.98. The first kappa shape index (κ1) is 21.5. The highest BCUT2D eigenvalue weighted by Gasteiger charge is 2.28. The van der Waals surface area contributed by atoms with E-state index in [-0.39, 0.29) is 23.6 Å². The van der Waals surface area contributed by atoms with Crippen LogP contribution >= 0.6 is 0 Å². The quantitative estimate of drug-likeness (QED) is 0.615. The number of anilines is 1. The predicted molar refractivity (Wildman–Crippen MR) is 123 cm³/mol. The number of halogens is 2. The molecule has 5 rings (SSSR count). The summed E-state index contributed by atoms with van der Waals surface area (Å²) >= 11 is 0. The standard InChI is InChI=1S/C26H26F2N4O/c27-21-6-1-18(2-7-21)25(19-3-8-22(28)9-4-19)32-15-13-31(14-16-32)24-12-5-20(17-29-24)26(33)30-23-10-11-23/h1-9,12,17,23,25H,10-11,13-16H2,(H,30,33). The number of hydrogen-bond donors (Lipinski definition) is 1. The minimum Gasteiger partial charge on any atom is -0.354 e. The SMILES string of the molecule is O=C(NC1CC1)c1ccc(N2CCN(C(c3ccc(F)cc3)c3ccc(F)cc3)CC2)nc1. The summed E-state index contributed by atoms with van der Waals surface area (Å²) in [5.41, 5.74) is 2.53. The average Bonchev–Trinajstić information content (AvgIpc) is 3.66. The van der Waals surface area contributed by atoms with Gasteiger partial charge in [-0.05, 0) is 60.4 Å². The monoisotopic (exact) mass is 448 g/mol. The van der Waals surface area contributed by atoms with Gasteiger partial charge in [0.1, 0.15) is 17.5 Å². The number of carbonyl (C=O) groups excluding carboxylic acids is 1. The van der Waals surface area contributed by atoms with E-state index >= 15 is 0 Å². The number of hydrogen-bond acceptors (Lipinski definition) is 4. The Morgan fingerprint density at radius 3 is 1.91 bits per heavy atom. The summed E-state index contributed by atoms with van der Waals surface area (Å²) in [4.78, 5) is 21.2. The zero-order valence-electron chi connectivity index (χ0n) is 18.3. The molecule has 170 valence electrons. The molecular weight excluding hydrogens is 422 g/mol. The van der Waals surface area contributed by atoms with E-state index in [0.29, 0.717) is 11.6 Å². The van der Waals surface area contributed by atoms with Crippen LogP contribution in [-0.4, -0.2) is 48.0 Å². The van der Waals surface area contributed by atoms with Gasteiger partial charge in [0, 0.05) is 38.4 Å². The van der Waals surface area contributed by atoms with Crippen molar-refractivity contribution in [2.45, 2.75) is 24.9 Å². The lowest BCUT2D eigenvalue weighted by Gasteiger charge is -2.40. The van der Waals surface area contributed by atoms with Gasteiger partial charge in [0.05, 0.1) is 11.6 Å². The molecule has 2 aromatic carbocycles. The predicted octanol–water partition coefficient (Wildman–Crippen LogP) is 4.16. The average molecular weight is 449 g/mol. The highest BCUT2D eigenvalue weighted by atomic mass is 19.1. The van der Waals surface area contributed by atoms with Crippen molar-refractivity contribution < 1.29 is 13.6 Å². The van der Waals surface area contributed by atoms with Crippen molar-refractivity contribution in [2.75, 3.05) is 31.1 Å². The highest BCUT2D eigenvalue weighted by molar-refractivity contribution is 5.94. The van der Waals surface area contributed by atoms with Crippen LogP contribution in [0.15, 0.2) is 66.9 Å². The Morgan fingerprint density at radius 1 is 0.848 bits per heavy atom. The number of nitrogens with zero attached hydrogens (tertiary/aromatic N) is 3. The molecular formula is C26H26F2N4O. The van der Waals surface area contributed by atoms with Crippen LogP contribution in [0.2, 0.25) is 0 Å². The lowest BCUT2D eigenvalue weighted by molar-refractivity contribution is 0.0950. The highest BCUT2D eigenvalue weighted by Crippen LogP contribution is 2.30. The van der Waals surface area contributed by atoms with E-state index in [2.05, 4.69) is 20.1 Å². The van der Waals surface area contributed by atoms with Crippen molar-refractivity contribution in [3.8, 4) is 0 Å². The Morgan fingerprint density at radius 2 is 1.42 bits per heavy atom. The van der Waals surface area contributed by atoms with Crippen molar-refractivity contribution in [1.82, 2.24) is 15.2 Å². The van der Waals surface area contributed by atoms with Gasteiger partial charge in [-0.2, -0.15) is 0 Å². The van der Waals surface area contributed by atoms with Crippen LogP contribution in [0.25, 0.3) is 0 Å². The van der Waals surface area contributed by atoms with E-state index in [1.54, 1.807) is 30.5 Å². The van der Waals surface area contributed by atoms with Crippen LogP contribution in [-0.2, 0) is 0 Å². The maximum Gasteiger partial charge on any atom is 0.253 e. The third kappa shape index (κ3) is 5.03. The number of aromatic nitrogens is 1. The molecule has 1 N–H and O–H groups in total. The lowest BCUT2D eigenvalue weighted by atomic mass is 9.96. The van der Waals surface area contributed by atoms with Gasteiger partial charge in [-0.15, -0.1) is 0 Å². The lowest BCUT2D eigenvalue weighted by Crippen LogP contribution is -2.48. The Hall–Kier alpha value is -3.32. The zero-order chi connectivity index (χ0) is 22.8. The van der Waals surface area contributed by atoms with Gasteiger partial charge < -0.3 is 10.2 Å². The summed E-state index contributed by atoms with van der Waals surface area (Å²) in [5.74, 6) is 0.226. The van der Waals surface area contributed by atoms with E-state index < -0.39 is 0 Å². The number of rotatable bonds is 6. The van der Waals surface area contributed by atoms with Gasteiger partial charge >= 0.3 is 0 Å². The molecule has 2 heterocycles. The van der Waals surface area contributed by atoms with Crippen LogP contribution in [0.4, 0.5) is 14.6 Å². The number of pyridine rings is 1. The van der Waals surface area contributed by atoms with Gasteiger partial charge in [0.2, 0.25) is 0 Å². The van der Waals surface area contributed by atoms with E-state index in [1.165, 1.54) is 24.3 Å². The Bertz CT molecular complexity index is 1050. The molecule has 1 saturated carbocycles. The third-order valence-electron chi connectivity index (χ3n) is 6.30. The summed E-state index contributed by atoms with van der Waals surface area (Å²) in [6.07, 6.45) is 3.75. The molecule has 1 saturated heterocycles. The maximum absolute atomic E-state index is 13.5. The molecule has 1 aliphatic heterocycles. The molecule has 2 fully saturated rings. The summed E-state index contributed by atoms with van der Waals surface area (Å²) in [6.45, 7) is 3.06. The Balaban J connectivity index is 1.28. The molecule has 7 heteroatoms. The van der Waals surface area contributed by atoms with Crippen molar-refractivity contribution in [3.05, 3.63) is 95.2 Å². The number of benzene rings is 2. The summed E-state index contributed by atoms with van der Waals surface area (Å²) in [6, 6.07) is 17.0. The van der Waals surface area contributed by atoms with Gasteiger partial charge in [-0.3, -0.25) is 9.69 Å². The molecule has 0 radical (unpaired) electrons. The van der Waals surface area contributed by atoms with E-state index in [9.17, 15) is 13.6 Å². The number of nitrogens with one attached hydrogen (secondary N) is 1. The van der Waals surface area contributed by atoms with Crippen LogP contribution in [0, 0.1) is 11.6 Å². The van der Waals surface area contributed by atoms with Gasteiger partial charge in [0.25, 0.3) is 5.91 Å². The molecule has 0 spiro atoms. The van der Waals surface area contributed by atoms with Crippen molar-refractivity contribution in [3.63, 3.8) is 0 Å². The molecule has 1 aromatic heterocycles. The van der Waals surface area contributed by atoms with Crippen molar-refractivity contribution in [2.24, 2.45) is 0 Å². The molecule has 3 aromatic rings. The molecule has 1 amide bonds.